The minimum absolute atomic E-state index is 0.0248. The lowest BCUT2D eigenvalue weighted by Crippen LogP contribution is -2.43. The Labute approximate surface area is 140 Å². The van der Waals surface area contributed by atoms with Gasteiger partial charge in [-0.25, -0.2) is 4.39 Å². The third-order valence-electron chi connectivity index (χ3n) is 4.81. The summed E-state index contributed by atoms with van der Waals surface area (Å²) < 4.78 is 13.1. The van der Waals surface area contributed by atoms with Gasteiger partial charge in [0.1, 0.15) is 17.3 Å². The molecule has 1 saturated carbocycles. The van der Waals surface area contributed by atoms with Crippen LogP contribution in [0.15, 0.2) is 59.3 Å². The molecule has 0 bridgehead atoms. The van der Waals surface area contributed by atoms with E-state index in [1.165, 1.54) is 18.6 Å². The second-order valence-electron chi connectivity index (χ2n) is 6.58. The zero-order chi connectivity index (χ0) is 16.7. The van der Waals surface area contributed by atoms with Crippen molar-refractivity contribution in [2.75, 3.05) is 0 Å². The number of halogens is 1. The van der Waals surface area contributed by atoms with E-state index in [0.717, 1.165) is 29.7 Å². The molecule has 0 atom stereocenters. The number of hydrogen-bond acceptors (Lipinski definition) is 3. The minimum atomic E-state index is -0.250. The maximum Gasteiger partial charge on any atom is 0.232 e. The number of allylic oxidation sites excluding steroid dienone is 2. The van der Waals surface area contributed by atoms with Gasteiger partial charge in [-0.2, -0.15) is 0 Å². The number of fused-ring (bicyclic) bond motifs is 1. The highest BCUT2D eigenvalue weighted by Gasteiger charge is 2.34. The summed E-state index contributed by atoms with van der Waals surface area (Å²) in [5.41, 5.74) is 3.42. The molecule has 3 aliphatic rings. The third-order valence-corrected chi connectivity index (χ3v) is 4.81. The lowest BCUT2D eigenvalue weighted by Gasteiger charge is -2.42. The third kappa shape index (κ3) is 2.70. The fourth-order valence-corrected chi connectivity index (χ4v) is 3.39. The number of amides is 1. The van der Waals surface area contributed by atoms with Crippen LogP contribution in [0, 0.1) is 5.82 Å². The van der Waals surface area contributed by atoms with Crippen molar-refractivity contribution < 1.29 is 14.3 Å². The summed E-state index contributed by atoms with van der Waals surface area (Å²) in [5.74, 6) is -0.311. The van der Waals surface area contributed by atoms with E-state index >= 15 is 0 Å². The number of benzene rings is 1. The van der Waals surface area contributed by atoms with Gasteiger partial charge >= 0.3 is 0 Å². The Hall–Kier alpha value is -2.56. The summed E-state index contributed by atoms with van der Waals surface area (Å²) in [4.78, 5) is 13.9. The highest BCUT2D eigenvalue weighted by atomic mass is 19.1. The minimum Gasteiger partial charge on any atom is -0.510 e. The molecule has 124 valence electrons. The molecule has 1 aromatic carbocycles. The van der Waals surface area contributed by atoms with E-state index in [0.29, 0.717) is 18.2 Å². The van der Waals surface area contributed by atoms with Crippen LogP contribution in [0.3, 0.4) is 0 Å². The van der Waals surface area contributed by atoms with Gasteiger partial charge in [-0.3, -0.25) is 4.79 Å². The molecule has 2 heterocycles. The molecule has 4 rings (SSSR count). The molecular formula is C19H19FN2O2. The lowest BCUT2D eigenvalue weighted by molar-refractivity contribution is -0.120. The van der Waals surface area contributed by atoms with Gasteiger partial charge in [0.25, 0.3) is 0 Å². The van der Waals surface area contributed by atoms with Crippen LogP contribution < -0.4 is 5.32 Å². The first-order valence-electron chi connectivity index (χ1n) is 8.27. The smallest absolute Gasteiger partial charge is 0.232 e. The molecule has 1 fully saturated rings. The average Bonchev–Trinajstić information content (AvgIpc) is 2.47. The summed E-state index contributed by atoms with van der Waals surface area (Å²) in [6, 6.07) is 6.81. The molecular weight excluding hydrogens is 307 g/mol. The Kier molecular flexibility index (Phi) is 3.63. The number of nitrogens with one attached hydrogen (secondary N) is 1. The van der Waals surface area contributed by atoms with Gasteiger partial charge in [0.05, 0.1) is 12.1 Å². The zero-order valence-electron chi connectivity index (χ0n) is 13.3. The van der Waals surface area contributed by atoms with Crippen LogP contribution in [0.25, 0.3) is 0 Å². The van der Waals surface area contributed by atoms with E-state index in [1.54, 1.807) is 12.1 Å². The maximum absolute atomic E-state index is 13.1. The molecule has 24 heavy (non-hydrogen) atoms. The number of hydrogen-bond donors (Lipinski definition) is 2. The Morgan fingerprint density at radius 3 is 2.67 bits per heavy atom. The SMILES string of the molecule is O=C1CC(O)=C2C(=CC(Cc3ccc(F)cc3)=CN2C2CCC2)N1. The van der Waals surface area contributed by atoms with Crippen molar-refractivity contribution in [1.82, 2.24) is 10.2 Å². The number of carbonyl (C=O) groups excluding carboxylic acids is 1. The Morgan fingerprint density at radius 2 is 2.00 bits per heavy atom. The second kappa shape index (κ2) is 5.82. The number of nitrogens with zero attached hydrogens (tertiary/aromatic N) is 1. The van der Waals surface area contributed by atoms with E-state index in [2.05, 4.69) is 16.4 Å². The van der Waals surface area contributed by atoms with Crippen molar-refractivity contribution in [3.63, 3.8) is 0 Å². The quantitative estimate of drug-likeness (QED) is 0.896. The van der Waals surface area contributed by atoms with Crippen molar-refractivity contribution in [2.24, 2.45) is 0 Å². The number of rotatable bonds is 3. The standard InChI is InChI=1S/C19H19FN2O2/c20-14-6-4-12(5-7-14)8-13-9-16-19(17(23)10-18(24)21-16)22(11-13)15-2-1-3-15/h4-7,9,11,15,23H,1-3,8,10H2,(H,21,24). The molecule has 2 N–H and O–H groups in total. The summed E-state index contributed by atoms with van der Waals surface area (Å²) in [5, 5.41) is 13.2. The molecule has 0 spiro atoms. The molecule has 0 aromatic heterocycles. The maximum atomic E-state index is 13.1. The van der Waals surface area contributed by atoms with E-state index in [1.807, 2.05) is 6.08 Å². The normalized spacial score (nSPS) is 20.9. The lowest BCUT2D eigenvalue weighted by atomic mass is 9.88. The summed E-state index contributed by atoms with van der Waals surface area (Å²) >= 11 is 0. The molecule has 0 saturated heterocycles. The Morgan fingerprint density at radius 1 is 1.25 bits per heavy atom. The van der Waals surface area contributed by atoms with Gasteiger partial charge in [-0.15, -0.1) is 0 Å². The van der Waals surface area contributed by atoms with Gasteiger partial charge in [0, 0.05) is 12.2 Å². The van der Waals surface area contributed by atoms with E-state index < -0.39 is 0 Å². The van der Waals surface area contributed by atoms with Gasteiger partial charge < -0.3 is 15.3 Å². The van der Waals surface area contributed by atoms with E-state index in [-0.39, 0.29) is 23.9 Å². The van der Waals surface area contributed by atoms with Crippen molar-refractivity contribution in [3.8, 4) is 0 Å². The Bertz CT molecular complexity index is 773. The van der Waals surface area contributed by atoms with E-state index in [4.69, 9.17) is 0 Å². The number of aliphatic hydroxyl groups is 1. The van der Waals surface area contributed by atoms with Gasteiger partial charge in [-0.05, 0) is 55.0 Å². The van der Waals surface area contributed by atoms with Crippen molar-refractivity contribution in [2.45, 2.75) is 38.1 Å². The van der Waals surface area contributed by atoms with Gasteiger partial charge in [0.2, 0.25) is 5.91 Å². The molecule has 0 radical (unpaired) electrons. The summed E-state index contributed by atoms with van der Waals surface area (Å²) in [6.45, 7) is 0. The summed E-state index contributed by atoms with van der Waals surface area (Å²) in [6.07, 6.45) is 7.98. The van der Waals surface area contributed by atoms with Crippen LogP contribution in [0.4, 0.5) is 4.39 Å². The van der Waals surface area contributed by atoms with Gasteiger partial charge in [0.15, 0.2) is 0 Å². The van der Waals surface area contributed by atoms with E-state index in [9.17, 15) is 14.3 Å². The van der Waals surface area contributed by atoms with Crippen molar-refractivity contribution >= 4 is 5.91 Å². The van der Waals surface area contributed by atoms with Crippen LogP contribution >= 0.6 is 0 Å². The molecule has 5 heteroatoms. The molecule has 4 nitrogen and oxygen atoms in total. The molecule has 1 amide bonds. The largest absolute Gasteiger partial charge is 0.510 e. The highest BCUT2D eigenvalue weighted by molar-refractivity contribution is 5.83. The summed E-state index contributed by atoms with van der Waals surface area (Å²) in [7, 11) is 0. The molecule has 1 aromatic rings. The molecule has 0 unspecified atom stereocenters. The fraction of sp³-hybridized carbons (Fsp3) is 0.316. The average molecular weight is 326 g/mol. The monoisotopic (exact) mass is 326 g/mol. The molecule has 2 aliphatic heterocycles. The molecule has 1 aliphatic carbocycles. The van der Waals surface area contributed by atoms with Gasteiger partial charge in [-0.1, -0.05) is 12.1 Å². The highest BCUT2D eigenvalue weighted by Crippen LogP contribution is 2.37. The van der Waals surface area contributed by atoms with Crippen molar-refractivity contribution in [3.05, 3.63) is 70.6 Å². The zero-order valence-corrected chi connectivity index (χ0v) is 13.3. The first-order chi connectivity index (χ1) is 11.6. The first-order valence-corrected chi connectivity index (χ1v) is 8.27. The van der Waals surface area contributed by atoms with Crippen LogP contribution in [-0.2, 0) is 11.2 Å². The predicted molar refractivity (Wildman–Crippen MR) is 88.2 cm³/mol. The topological polar surface area (TPSA) is 52.6 Å². The van der Waals surface area contributed by atoms with Crippen LogP contribution in [0.1, 0.15) is 31.2 Å². The number of aliphatic hydroxyl groups excluding tert-OH is 1. The number of carbonyl (C=O) groups is 1. The Balaban J connectivity index is 1.68. The first kappa shape index (κ1) is 15.0. The predicted octanol–water partition coefficient (Wildman–Crippen LogP) is 3.29. The van der Waals surface area contributed by atoms with Crippen LogP contribution in [0.5, 0.6) is 0 Å². The van der Waals surface area contributed by atoms with Crippen molar-refractivity contribution in [1.29, 1.82) is 0 Å². The van der Waals surface area contributed by atoms with Crippen LogP contribution in [0.2, 0.25) is 0 Å². The second-order valence-corrected chi connectivity index (χ2v) is 6.58. The van der Waals surface area contributed by atoms with Crippen LogP contribution in [-0.4, -0.2) is 22.0 Å². The fourth-order valence-electron chi connectivity index (χ4n) is 3.39.